The molecule has 0 spiro atoms. The molecule has 0 aliphatic heterocycles. The van der Waals surface area contributed by atoms with E-state index in [2.05, 4.69) is 4.98 Å². The molecule has 0 saturated heterocycles. The van der Waals surface area contributed by atoms with Crippen molar-refractivity contribution in [2.75, 3.05) is 14.2 Å². The van der Waals surface area contributed by atoms with Gasteiger partial charge in [-0.25, -0.2) is 4.98 Å². The van der Waals surface area contributed by atoms with Crippen LogP contribution >= 0.6 is 0 Å². The van der Waals surface area contributed by atoms with Crippen molar-refractivity contribution in [3.8, 4) is 28.6 Å². The molecule has 1 aromatic heterocycles. The molecule has 3 aromatic rings. The molecule has 4 nitrogen and oxygen atoms in total. The van der Waals surface area contributed by atoms with E-state index < -0.39 is 0 Å². The van der Waals surface area contributed by atoms with Gasteiger partial charge in [-0.05, 0) is 36.4 Å². The van der Waals surface area contributed by atoms with Gasteiger partial charge < -0.3 is 9.47 Å². The highest BCUT2D eigenvalue weighted by atomic mass is 16.5. The third-order valence-electron chi connectivity index (χ3n) is 3.32. The van der Waals surface area contributed by atoms with E-state index in [-0.39, 0.29) is 0 Å². The molecule has 106 valence electrons. The zero-order chi connectivity index (χ0) is 14.7. The van der Waals surface area contributed by atoms with Gasteiger partial charge in [0, 0.05) is 23.6 Å². The number of hydrogen-bond donors (Lipinski definition) is 0. The summed E-state index contributed by atoms with van der Waals surface area (Å²) < 4.78 is 12.5. The van der Waals surface area contributed by atoms with Gasteiger partial charge in [-0.15, -0.1) is 0 Å². The molecule has 2 aromatic carbocycles. The Morgan fingerprint density at radius 3 is 2.38 bits per heavy atom. The number of rotatable bonds is 4. The maximum Gasteiger partial charge on any atom is 0.144 e. The second-order valence-electron chi connectivity index (χ2n) is 4.55. The maximum absolute atomic E-state index is 5.28. The summed E-state index contributed by atoms with van der Waals surface area (Å²) in [5.74, 6) is 2.53. The Morgan fingerprint density at radius 2 is 1.67 bits per heavy atom. The van der Waals surface area contributed by atoms with Crippen molar-refractivity contribution in [1.82, 2.24) is 9.55 Å². The minimum Gasteiger partial charge on any atom is -0.497 e. The van der Waals surface area contributed by atoms with Gasteiger partial charge in [0.1, 0.15) is 17.3 Å². The second-order valence-corrected chi connectivity index (χ2v) is 4.55. The number of aromatic nitrogens is 2. The lowest BCUT2D eigenvalue weighted by Gasteiger charge is -2.09. The molecule has 3 rings (SSSR count). The lowest BCUT2D eigenvalue weighted by Crippen LogP contribution is -1.96. The Bertz CT molecular complexity index is 733. The fraction of sp³-hybridized carbons (Fsp3) is 0.118. The largest absolute Gasteiger partial charge is 0.497 e. The fourth-order valence-corrected chi connectivity index (χ4v) is 2.23. The van der Waals surface area contributed by atoms with Crippen molar-refractivity contribution in [3.05, 3.63) is 60.9 Å². The number of methoxy groups -OCH3 is 2. The molecule has 0 atom stereocenters. The van der Waals surface area contributed by atoms with Crippen molar-refractivity contribution >= 4 is 0 Å². The standard InChI is InChI=1S/C17H16N2O2/c1-20-15-8-6-14(7-9-15)19-11-10-18-17(19)13-4-3-5-16(12-13)21-2/h3-12H,1-2H3. The Kier molecular flexibility index (Phi) is 3.60. The average molecular weight is 280 g/mol. The van der Waals surface area contributed by atoms with Gasteiger partial charge in [0.25, 0.3) is 0 Å². The van der Waals surface area contributed by atoms with E-state index in [1.165, 1.54) is 0 Å². The first kappa shape index (κ1) is 13.2. The molecule has 0 aliphatic rings. The van der Waals surface area contributed by atoms with Crippen LogP contribution in [0.5, 0.6) is 11.5 Å². The number of ether oxygens (including phenoxy) is 2. The highest BCUT2D eigenvalue weighted by Crippen LogP contribution is 2.25. The van der Waals surface area contributed by atoms with Crippen molar-refractivity contribution < 1.29 is 9.47 Å². The molecule has 0 unspecified atom stereocenters. The van der Waals surface area contributed by atoms with Crippen LogP contribution in [0.1, 0.15) is 0 Å². The zero-order valence-corrected chi connectivity index (χ0v) is 12.0. The lowest BCUT2D eigenvalue weighted by atomic mass is 10.2. The minimum absolute atomic E-state index is 0.816. The van der Waals surface area contributed by atoms with Gasteiger partial charge in [0.15, 0.2) is 0 Å². The van der Waals surface area contributed by atoms with Crippen molar-refractivity contribution in [2.45, 2.75) is 0 Å². The Hall–Kier alpha value is -2.75. The summed E-state index contributed by atoms with van der Waals surface area (Å²) in [5.41, 5.74) is 2.04. The molecule has 0 amide bonds. The SMILES string of the molecule is COc1ccc(-n2ccnc2-c2cccc(OC)c2)cc1. The Morgan fingerprint density at radius 1 is 0.905 bits per heavy atom. The van der Waals surface area contributed by atoms with Crippen LogP contribution in [0.3, 0.4) is 0 Å². The van der Waals surface area contributed by atoms with Crippen LogP contribution in [0, 0.1) is 0 Å². The summed E-state index contributed by atoms with van der Waals surface area (Å²) in [4.78, 5) is 4.46. The summed E-state index contributed by atoms with van der Waals surface area (Å²) in [6, 6.07) is 15.8. The van der Waals surface area contributed by atoms with Crippen LogP contribution in [0.2, 0.25) is 0 Å². The highest BCUT2D eigenvalue weighted by Gasteiger charge is 2.08. The molecule has 0 fully saturated rings. The van der Waals surface area contributed by atoms with Crippen molar-refractivity contribution in [3.63, 3.8) is 0 Å². The monoisotopic (exact) mass is 280 g/mol. The summed E-state index contributed by atoms with van der Waals surface area (Å²) in [5, 5.41) is 0. The van der Waals surface area contributed by atoms with E-state index in [0.717, 1.165) is 28.6 Å². The van der Waals surface area contributed by atoms with E-state index in [1.54, 1.807) is 20.4 Å². The number of nitrogens with zero attached hydrogens (tertiary/aromatic N) is 2. The van der Waals surface area contributed by atoms with Gasteiger partial charge in [0.05, 0.1) is 14.2 Å². The Labute approximate surface area is 123 Å². The normalized spacial score (nSPS) is 10.4. The molecular weight excluding hydrogens is 264 g/mol. The topological polar surface area (TPSA) is 36.3 Å². The summed E-state index contributed by atoms with van der Waals surface area (Å²) >= 11 is 0. The maximum atomic E-state index is 5.28. The van der Waals surface area contributed by atoms with E-state index in [4.69, 9.17) is 9.47 Å². The number of imidazole rings is 1. The molecule has 4 heteroatoms. The number of hydrogen-bond acceptors (Lipinski definition) is 3. The smallest absolute Gasteiger partial charge is 0.144 e. The zero-order valence-electron chi connectivity index (χ0n) is 12.0. The summed E-state index contributed by atoms with van der Waals surface area (Å²) in [7, 11) is 3.32. The van der Waals surface area contributed by atoms with Gasteiger partial charge in [-0.1, -0.05) is 12.1 Å². The van der Waals surface area contributed by atoms with E-state index in [9.17, 15) is 0 Å². The van der Waals surface area contributed by atoms with Crippen molar-refractivity contribution in [1.29, 1.82) is 0 Å². The second kappa shape index (κ2) is 5.71. The van der Waals surface area contributed by atoms with Gasteiger partial charge >= 0.3 is 0 Å². The van der Waals surface area contributed by atoms with E-state index in [1.807, 2.05) is 59.3 Å². The van der Waals surface area contributed by atoms with Crippen LogP contribution in [-0.4, -0.2) is 23.8 Å². The molecule has 1 heterocycles. The third-order valence-corrected chi connectivity index (χ3v) is 3.32. The third kappa shape index (κ3) is 2.60. The van der Waals surface area contributed by atoms with Gasteiger partial charge in [-0.2, -0.15) is 0 Å². The Balaban J connectivity index is 2.03. The molecule has 21 heavy (non-hydrogen) atoms. The summed E-state index contributed by atoms with van der Waals surface area (Å²) in [6.45, 7) is 0. The van der Waals surface area contributed by atoms with E-state index >= 15 is 0 Å². The molecule has 0 N–H and O–H groups in total. The van der Waals surface area contributed by atoms with Crippen LogP contribution in [0.25, 0.3) is 17.1 Å². The average Bonchev–Trinajstić information content (AvgIpc) is 3.04. The minimum atomic E-state index is 0.816. The molecule has 0 radical (unpaired) electrons. The lowest BCUT2D eigenvalue weighted by molar-refractivity contribution is 0.415. The predicted molar refractivity (Wildman–Crippen MR) is 82.1 cm³/mol. The predicted octanol–water partition coefficient (Wildman–Crippen LogP) is 3.56. The van der Waals surface area contributed by atoms with Crippen LogP contribution < -0.4 is 9.47 Å². The number of benzene rings is 2. The highest BCUT2D eigenvalue weighted by molar-refractivity contribution is 5.61. The molecule has 0 bridgehead atoms. The van der Waals surface area contributed by atoms with Crippen LogP contribution in [-0.2, 0) is 0 Å². The molecule has 0 aliphatic carbocycles. The molecule has 0 saturated carbocycles. The first-order valence-electron chi connectivity index (χ1n) is 6.64. The first-order chi connectivity index (χ1) is 10.3. The first-order valence-corrected chi connectivity index (χ1v) is 6.64. The summed E-state index contributed by atoms with van der Waals surface area (Å²) in [6.07, 6.45) is 3.73. The van der Waals surface area contributed by atoms with Crippen LogP contribution in [0.4, 0.5) is 0 Å². The quantitative estimate of drug-likeness (QED) is 0.733. The van der Waals surface area contributed by atoms with Crippen LogP contribution in [0.15, 0.2) is 60.9 Å². The van der Waals surface area contributed by atoms with Gasteiger partial charge in [0.2, 0.25) is 0 Å². The van der Waals surface area contributed by atoms with Gasteiger partial charge in [-0.3, -0.25) is 4.57 Å². The van der Waals surface area contributed by atoms with E-state index in [0.29, 0.717) is 0 Å². The molecular formula is C17H16N2O2. The fourth-order valence-electron chi connectivity index (χ4n) is 2.23. The van der Waals surface area contributed by atoms with Crippen molar-refractivity contribution in [2.24, 2.45) is 0 Å².